The Morgan fingerprint density at radius 1 is 1.20 bits per heavy atom. The molecular weight excluding hydrogens is 281 g/mol. The third kappa shape index (κ3) is 3.38. The topological polar surface area (TPSA) is 85.1 Å². The Balaban J connectivity index is 2.17. The molecule has 0 amide bonds. The first-order valence-electron chi connectivity index (χ1n) is 5.91. The first-order chi connectivity index (χ1) is 9.53. The molecule has 5 nitrogen and oxygen atoms in total. The van der Waals surface area contributed by atoms with E-state index in [0.29, 0.717) is 11.3 Å². The van der Waals surface area contributed by atoms with Crippen molar-refractivity contribution in [3.8, 4) is 0 Å². The summed E-state index contributed by atoms with van der Waals surface area (Å²) in [6, 6.07) is 8.57. The zero-order valence-electron chi connectivity index (χ0n) is 10.6. The minimum Gasteiger partial charge on any atom is -0.325 e. The van der Waals surface area contributed by atoms with Gasteiger partial charge in [-0.1, -0.05) is 12.1 Å². The van der Waals surface area contributed by atoms with E-state index in [4.69, 9.17) is 5.73 Å². The van der Waals surface area contributed by atoms with Crippen molar-refractivity contribution in [1.82, 2.24) is 9.71 Å². The molecule has 20 heavy (non-hydrogen) atoms. The van der Waals surface area contributed by atoms with Crippen LogP contribution in [0.2, 0.25) is 0 Å². The van der Waals surface area contributed by atoms with Crippen LogP contribution in [0, 0.1) is 5.82 Å². The Labute approximate surface area is 116 Å². The van der Waals surface area contributed by atoms with E-state index in [0.717, 1.165) is 0 Å². The molecule has 1 aromatic heterocycles. The summed E-state index contributed by atoms with van der Waals surface area (Å²) in [6.07, 6.45) is 1.49. The van der Waals surface area contributed by atoms with Crippen LogP contribution in [0.25, 0.3) is 0 Å². The molecule has 3 N–H and O–H groups in total. The highest BCUT2D eigenvalue weighted by atomic mass is 32.2. The van der Waals surface area contributed by atoms with E-state index >= 15 is 0 Å². The number of rotatable bonds is 5. The van der Waals surface area contributed by atoms with E-state index in [2.05, 4.69) is 9.71 Å². The maximum atomic E-state index is 12.8. The molecule has 0 radical (unpaired) electrons. The molecule has 0 aliphatic rings. The molecule has 2 aromatic rings. The highest BCUT2D eigenvalue weighted by Gasteiger charge is 2.17. The highest BCUT2D eigenvalue weighted by molar-refractivity contribution is 7.89. The van der Waals surface area contributed by atoms with Gasteiger partial charge in [0.1, 0.15) is 10.7 Å². The summed E-state index contributed by atoms with van der Waals surface area (Å²) in [5, 5.41) is 0. The Hall–Kier alpha value is -1.83. The number of nitrogens with two attached hydrogens (primary N) is 1. The third-order valence-corrected chi connectivity index (χ3v) is 4.19. The van der Waals surface area contributed by atoms with Crippen molar-refractivity contribution in [2.75, 3.05) is 0 Å². The molecule has 106 valence electrons. The number of hydrogen-bond acceptors (Lipinski definition) is 4. The molecule has 0 saturated heterocycles. The van der Waals surface area contributed by atoms with Gasteiger partial charge in [0.15, 0.2) is 0 Å². The van der Waals surface area contributed by atoms with Crippen molar-refractivity contribution in [3.63, 3.8) is 0 Å². The molecule has 1 aromatic carbocycles. The summed E-state index contributed by atoms with van der Waals surface area (Å²) in [6.45, 7) is 0.106. The lowest BCUT2D eigenvalue weighted by molar-refractivity contribution is 0.579. The third-order valence-electron chi connectivity index (χ3n) is 2.71. The summed E-state index contributed by atoms with van der Waals surface area (Å²) in [5.74, 6) is -0.366. The standard InChI is InChI=1S/C13H14FN3O2S/c14-11-5-3-10(4-6-11)9-17-20(18,19)13-2-1-7-16-12(13)8-15/h1-7,17H,8-9,15H2. The molecule has 7 heteroatoms. The van der Waals surface area contributed by atoms with Crippen molar-refractivity contribution in [1.29, 1.82) is 0 Å². The molecule has 0 unspecified atom stereocenters. The maximum Gasteiger partial charge on any atom is 0.242 e. The molecule has 0 spiro atoms. The van der Waals surface area contributed by atoms with Crippen molar-refractivity contribution >= 4 is 10.0 Å². The molecule has 0 bridgehead atoms. The summed E-state index contributed by atoms with van der Waals surface area (Å²) >= 11 is 0. The van der Waals surface area contributed by atoms with Crippen molar-refractivity contribution in [2.45, 2.75) is 18.0 Å². The number of nitrogens with one attached hydrogen (secondary N) is 1. The smallest absolute Gasteiger partial charge is 0.242 e. The quantitative estimate of drug-likeness (QED) is 0.866. The molecule has 0 aliphatic heterocycles. The monoisotopic (exact) mass is 295 g/mol. The van der Waals surface area contributed by atoms with Crippen molar-refractivity contribution in [2.24, 2.45) is 5.73 Å². The number of benzene rings is 1. The lowest BCUT2D eigenvalue weighted by Crippen LogP contribution is -2.25. The average Bonchev–Trinajstić information content (AvgIpc) is 2.46. The fourth-order valence-corrected chi connectivity index (χ4v) is 2.90. The molecule has 0 aliphatic carbocycles. The van der Waals surface area contributed by atoms with Gasteiger partial charge < -0.3 is 5.73 Å². The van der Waals surface area contributed by atoms with Crippen LogP contribution in [0.1, 0.15) is 11.3 Å². The maximum absolute atomic E-state index is 12.8. The number of aromatic nitrogens is 1. The zero-order valence-corrected chi connectivity index (χ0v) is 11.4. The van der Waals surface area contributed by atoms with Gasteiger partial charge in [0.2, 0.25) is 10.0 Å². The normalized spacial score (nSPS) is 11.5. The zero-order chi connectivity index (χ0) is 14.6. The van der Waals surface area contributed by atoms with Crippen LogP contribution >= 0.6 is 0 Å². The molecule has 0 atom stereocenters. The number of nitrogens with zero attached hydrogens (tertiary/aromatic N) is 1. The lowest BCUT2D eigenvalue weighted by Gasteiger charge is -2.09. The molecule has 0 fully saturated rings. The van der Waals surface area contributed by atoms with E-state index in [1.807, 2.05) is 0 Å². The van der Waals surface area contributed by atoms with Gasteiger partial charge >= 0.3 is 0 Å². The number of sulfonamides is 1. The Bertz CT molecular complexity index is 687. The van der Waals surface area contributed by atoms with Crippen LogP contribution in [0.5, 0.6) is 0 Å². The summed E-state index contributed by atoms with van der Waals surface area (Å²) in [5.41, 5.74) is 6.44. The van der Waals surface area contributed by atoms with E-state index in [1.165, 1.54) is 42.6 Å². The predicted octanol–water partition coefficient (Wildman–Crippen LogP) is 1.16. The minimum absolute atomic E-state index is 0.0353. The van der Waals surface area contributed by atoms with E-state index < -0.39 is 10.0 Å². The van der Waals surface area contributed by atoms with Crippen LogP contribution in [0.4, 0.5) is 4.39 Å². The van der Waals surface area contributed by atoms with Crippen LogP contribution in [0.3, 0.4) is 0 Å². The Kier molecular flexibility index (Phi) is 4.43. The molecular formula is C13H14FN3O2S. The van der Waals surface area contributed by atoms with Crippen LogP contribution in [-0.4, -0.2) is 13.4 Å². The van der Waals surface area contributed by atoms with Gasteiger partial charge in [0.25, 0.3) is 0 Å². The largest absolute Gasteiger partial charge is 0.325 e. The van der Waals surface area contributed by atoms with Crippen LogP contribution in [-0.2, 0) is 23.1 Å². The molecule has 1 heterocycles. The van der Waals surface area contributed by atoms with E-state index in [9.17, 15) is 12.8 Å². The predicted molar refractivity (Wildman–Crippen MR) is 72.6 cm³/mol. The van der Waals surface area contributed by atoms with E-state index in [-0.39, 0.29) is 23.8 Å². The van der Waals surface area contributed by atoms with Gasteiger partial charge in [0, 0.05) is 19.3 Å². The highest BCUT2D eigenvalue weighted by Crippen LogP contribution is 2.13. The summed E-state index contributed by atoms with van der Waals surface area (Å²) < 4.78 is 39.5. The Morgan fingerprint density at radius 3 is 2.55 bits per heavy atom. The first-order valence-corrected chi connectivity index (χ1v) is 7.39. The molecule has 0 saturated carbocycles. The fourth-order valence-electron chi connectivity index (χ4n) is 1.68. The van der Waals surface area contributed by atoms with Crippen molar-refractivity contribution < 1.29 is 12.8 Å². The van der Waals surface area contributed by atoms with Gasteiger partial charge in [-0.05, 0) is 29.8 Å². The van der Waals surface area contributed by atoms with Crippen LogP contribution in [0.15, 0.2) is 47.5 Å². The first kappa shape index (κ1) is 14.6. The van der Waals surface area contributed by atoms with E-state index in [1.54, 1.807) is 0 Å². The van der Waals surface area contributed by atoms with Gasteiger partial charge in [-0.25, -0.2) is 17.5 Å². The van der Waals surface area contributed by atoms with Crippen molar-refractivity contribution in [3.05, 3.63) is 59.7 Å². The minimum atomic E-state index is -3.70. The SMILES string of the molecule is NCc1ncccc1S(=O)(=O)NCc1ccc(F)cc1. The molecule has 2 rings (SSSR count). The number of halogens is 1. The second kappa shape index (κ2) is 6.08. The summed E-state index contributed by atoms with van der Waals surface area (Å²) in [7, 11) is -3.70. The van der Waals surface area contributed by atoms with Gasteiger partial charge in [-0.2, -0.15) is 0 Å². The number of pyridine rings is 1. The fraction of sp³-hybridized carbons (Fsp3) is 0.154. The van der Waals surface area contributed by atoms with Gasteiger partial charge in [-0.15, -0.1) is 0 Å². The lowest BCUT2D eigenvalue weighted by atomic mass is 10.2. The second-order valence-electron chi connectivity index (χ2n) is 4.10. The van der Waals surface area contributed by atoms with Gasteiger partial charge in [0.05, 0.1) is 5.69 Å². The van der Waals surface area contributed by atoms with Gasteiger partial charge in [-0.3, -0.25) is 4.98 Å². The number of hydrogen-bond donors (Lipinski definition) is 2. The Morgan fingerprint density at radius 2 is 1.90 bits per heavy atom. The summed E-state index contributed by atoms with van der Waals surface area (Å²) in [4.78, 5) is 4.00. The average molecular weight is 295 g/mol. The van der Waals surface area contributed by atoms with Crippen LogP contribution < -0.4 is 10.5 Å². The second-order valence-corrected chi connectivity index (χ2v) is 5.84.